The number of nitro groups is 1. The third-order valence-electron chi connectivity index (χ3n) is 3.43. The molecular weight excluding hydrogens is 368 g/mol. The van der Waals surface area contributed by atoms with Gasteiger partial charge >= 0.3 is 0 Å². The molecule has 0 heterocycles. The van der Waals surface area contributed by atoms with Crippen molar-refractivity contribution in [1.82, 2.24) is 5.32 Å². The number of amides is 2. The minimum Gasteiger partial charge on any atom is -0.496 e. The molecule has 2 N–H and O–H groups in total. The first-order valence-corrected chi connectivity index (χ1v) is 8.09. The Morgan fingerprint density at radius 1 is 1.21 bits per heavy atom. The summed E-state index contributed by atoms with van der Waals surface area (Å²) < 4.78 is 5.18. The number of methoxy groups -OCH3 is 1. The number of nitrogens with one attached hydrogen (secondary N) is 2. The molecule has 2 amide bonds. The molecule has 0 saturated heterocycles. The molecule has 10 nitrogen and oxygen atoms in total. The van der Waals surface area contributed by atoms with E-state index in [9.17, 15) is 19.7 Å². The van der Waals surface area contributed by atoms with Gasteiger partial charge in [0.2, 0.25) is 0 Å². The summed E-state index contributed by atoms with van der Waals surface area (Å²) in [4.78, 5) is 38.3. The number of para-hydroxylation sites is 1. The number of carbonyl (C=O) groups is 2. The maximum Gasteiger partial charge on any atom is 0.271 e. The van der Waals surface area contributed by atoms with Gasteiger partial charge in [-0.3, -0.25) is 19.7 Å². The highest BCUT2D eigenvalue weighted by molar-refractivity contribution is 6.31. The fourth-order valence-corrected chi connectivity index (χ4v) is 2.15. The Morgan fingerprint density at radius 3 is 2.75 bits per heavy atom. The van der Waals surface area contributed by atoms with Gasteiger partial charge in [0, 0.05) is 29.9 Å². The molecule has 2 aromatic rings. The van der Waals surface area contributed by atoms with E-state index in [-0.39, 0.29) is 24.5 Å². The van der Waals surface area contributed by atoms with Crippen LogP contribution in [0.4, 0.5) is 11.4 Å². The number of nitrogens with zero attached hydrogens (tertiary/aromatic N) is 2. The zero-order chi connectivity index (χ0) is 20.4. The summed E-state index contributed by atoms with van der Waals surface area (Å²) in [6.45, 7) is -0.126. The molecular formula is C18H18N4O6. The van der Waals surface area contributed by atoms with Gasteiger partial charge in [-0.05, 0) is 12.1 Å². The van der Waals surface area contributed by atoms with Crippen molar-refractivity contribution < 1.29 is 24.1 Å². The Kier molecular flexibility index (Phi) is 7.46. The molecule has 0 radical (unpaired) electrons. The molecule has 0 aliphatic heterocycles. The van der Waals surface area contributed by atoms with Crippen LogP contribution in [0, 0.1) is 10.1 Å². The second-order valence-corrected chi connectivity index (χ2v) is 5.39. The molecule has 2 rings (SSSR count). The van der Waals surface area contributed by atoms with Crippen LogP contribution in [0.15, 0.2) is 53.7 Å². The van der Waals surface area contributed by atoms with Crippen LogP contribution in [0.1, 0.15) is 5.56 Å². The van der Waals surface area contributed by atoms with Crippen molar-refractivity contribution in [2.45, 2.75) is 6.54 Å². The number of rotatable bonds is 9. The van der Waals surface area contributed by atoms with E-state index in [4.69, 9.17) is 9.57 Å². The highest BCUT2D eigenvalue weighted by atomic mass is 16.6. The number of anilines is 1. The molecule has 0 aliphatic carbocycles. The summed E-state index contributed by atoms with van der Waals surface area (Å²) in [7, 11) is 1.54. The fraction of sp³-hybridized carbons (Fsp3) is 0.167. The summed E-state index contributed by atoms with van der Waals surface area (Å²) in [6, 6.07) is 12.7. The van der Waals surface area contributed by atoms with Crippen LogP contribution in [0.25, 0.3) is 0 Å². The Balaban J connectivity index is 1.73. The molecule has 0 atom stereocenters. The Bertz CT molecular complexity index is 884. The van der Waals surface area contributed by atoms with Crippen LogP contribution in [0.3, 0.4) is 0 Å². The van der Waals surface area contributed by atoms with Gasteiger partial charge in [0.05, 0.1) is 12.0 Å². The summed E-state index contributed by atoms with van der Waals surface area (Å²) in [5.74, 6) is -0.434. The van der Waals surface area contributed by atoms with Gasteiger partial charge in [0.25, 0.3) is 17.5 Å². The van der Waals surface area contributed by atoms with E-state index in [0.717, 1.165) is 11.8 Å². The molecule has 10 heteroatoms. The van der Waals surface area contributed by atoms with Crippen molar-refractivity contribution in [1.29, 1.82) is 0 Å². The van der Waals surface area contributed by atoms with E-state index in [1.54, 1.807) is 6.07 Å². The molecule has 28 heavy (non-hydrogen) atoms. The number of ether oxygens (including phenoxy) is 1. The minimum absolute atomic E-state index is 0.155. The lowest BCUT2D eigenvalue weighted by atomic mass is 10.2. The van der Waals surface area contributed by atoms with Crippen molar-refractivity contribution in [3.63, 3.8) is 0 Å². The normalized spacial score (nSPS) is 10.3. The fourth-order valence-electron chi connectivity index (χ4n) is 2.15. The monoisotopic (exact) mass is 386 g/mol. The van der Waals surface area contributed by atoms with E-state index in [0.29, 0.717) is 5.75 Å². The second-order valence-electron chi connectivity index (χ2n) is 5.39. The number of non-ortho nitro benzene ring substituents is 1. The molecule has 2 aromatic carbocycles. The second kappa shape index (κ2) is 10.3. The van der Waals surface area contributed by atoms with Crippen LogP contribution >= 0.6 is 0 Å². The van der Waals surface area contributed by atoms with Crippen LogP contribution in [0.5, 0.6) is 5.75 Å². The van der Waals surface area contributed by atoms with E-state index >= 15 is 0 Å². The SMILES string of the molecule is COc1ccccc1CNC(=O)CO/N=C\C(=O)Nc1cccc([N+](=O)[O-])c1. The average molecular weight is 386 g/mol. The van der Waals surface area contributed by atoms with Crippen molar-refractivity contribution in [2.75, 3.05) is 19.0 Å². The third kappa shape index (κ3) is 6.41. The van der Waals surface area contributed by atoms with E-state index < -0.39 is 16.7 Å². The molecule has 0 unspecified atom stereocenters. The number of oxime groups is 1. The predicted molar refractivity (Wildman–Crippen MR) is 101 cm³/mol. The molecule has 0 spiro atoms. The largest absolute Gasteiger partial charge is 0.496 e. The maximum absolute atomic E-state index is 11.7. The lowest BCUT2D eigenvalue weighted by Crippen LogP contribution is -2.26. The third-order valence-corrected chi connectivity index (χ3v) is 3.43. The predicted octanol–water partition coefficient (Wildman–Crippen LogP) is 1.86. The zero-order valence-electron chi connectivity index (χ0n) is 15.0. The number of hydrogen-bond acceptors (Lipinski definition) is 7. The van der Waals surface area contributed by atoms with E-state index in [1.165, 1.54) is 31.4 Å². The lowest BCUT2D eigenvalue weighted by molar-refractivity contribution is -0.384. The average Bonchev–Trinajstić information content (AvgIpc) is 2.70. The highest BCUT2D eigenvalue weighted by Crippen LogP contribution is 2.17. The van der Waals surface area contributed by atoms with Gasteiger partial charge < -0.3 is 20.2 Å². The van der Waals surface area contributed by atoms with Gasteiger partial charge in [-0.1, -0.05) is 29.4 Å². The zero-order valence-corrected chi connectivity index (χ0v) is 15.0. The summed E-state index contributed by atoms with van der Waals surface area (Å²) in [5.41, 5.74) is 0.885. The van der Waals surface area contributed by atoms with Gasteiger partial charge in [-0.25, -0.2) is 0 Å². The summed E-state index contributed by atoms with van der Waals surface area (Å²) in [5, 5.41) is 19.1. The molecule has 0 fully saturated rings. The molecule has 0 aliphatic rings. The van der Waals surface area contributed by atoms with Gasteiger partial charge in [0.1, 0.15) is 12.0 Å². The first kappa shape index (κ1) is 20.4. The number of hydrogen-bond donors (Lipinski definition) is 2. The molecule has 0 bridgehead atoms. The summed E-state index contributed by atoms with van der Waals surface area (Å²) >= 11 is 0. The Labute approximate surface area is 160 Å². The quantitative estimate of drug-likeness (QED) is 0.384. The number of nitro benzene ring substituents is 1. The Morgan fingerprint density at radius 2 is 2.00 bits per heavy atom. The molecule has 146 valence electrons. The van der Waals surface area contributed by atoms with Crippen molar-refractivity contribution in [2.24, 2.45) is 5.16 Å². The van der Waals surface area contributed by atoms with E-state index in [2.05, 4.69) is 15.8 Å². The lowest BCUT2D eigenvalue weighted by Gasteiger charge is -2.08. The maximum atomic E-state index is 11.7. The smallest absolute Gasteiger partial charge is 0.271 e. The van der Waals surface area contributed by atoms with Crippen LogP contribution < -0.4 is 15.4 Å². The van der Waals surface area contributed by atoms with Crippen LogP contribution in [-0.4, -0.2) is 36.7 Å². The highest BCUT2D eigenvalue weighted by Gasteiger charge is 2.08. The number of benzene rings is 2. The topological polar surface area (TPSA) is 132 Å². The Hall–Kier alpha value is -3.95. The first-order chi connectivity index (χ1) is 13.5. The van der Waals surface area contributed by atoms with Gasteiger partial charge in [-0.2, -0.15) is 0 Å². The molecule has 0 aromatic heterocycles. The van der Waals surface area contributed by atoms with Crippen LogP contribution in [0.2, 0.25) is 0 Å². The van der Waals surface area contributed by atoms with Crippen molar-refractivity contribution in [3.05, 3.63) is 64.2 Å². The van der Waals surface area contributed by atoms with Crippen molar-refractivity contribution in [3.8, 4) is 5.75 Å². The minimum atomic E-state index is -0.657. The van der Waals surface area contributed by atoms with Gasteiger partial charge in [-0.15, -0.1) is 0 Å². The standard InChI is InChI=1S/C18H18N4O6/c1-27-16-8-3-2-5-13(16)10-19-18(24)12-28-20-11-17(23)21-14-6-4-7-15(9-14)22(25)26/h2-9,11H,10,12H2,1H3,(H,19,24)(H,21,23)/b20-11-. The van der Waals surface area contributed by atoms with E-state index in [1.807, 2.05) is 18.2 Å². The molecule has 0 saturated carbocycles. The van der Waals surface area contributed by atoms with Gasteiger partial charge in [0.15, 0.2) is 6.61 Å². The summed E-state index contributed by atoms with van der Waals surface area (Å²) in [6.07, 6.45) is 0.826. The number of carbonyl (C=O) groups excluding carboxylic acids is 2. The van der Waals surface area contributed by atoms with Crippen molar-refractivity contribution >= 4 is 29.4 Å². The first-order valence-electron chi connectivity index (χ1n) is 8.09. The van der Waals surface area contributed by atoms with Crippen LogP contribution in [-0.2, 0) is 21.0 Å².